The number of carbonyl (C=O) groups excluding carboxylic acids is 1. The van der Waals surface area contributed by atoms with Gasteiger partial charge in [-0.25, -0.2) is 4.39 Å². The van der Waals surface area contributed by atoms with E-state index in [1.54, 1.807) is 48.2 Å². The number of anilines is 2. The van der Waals surface area contributed by atoms with Gasteiger partial charge >= 0.3 is 0 Å². The SMILES string of the molecule is CNc1cc(NC(=O)CN2CC(C)(F)C2)cnc1C.Cn1cc(-c2ccc(/C(C=N)=N\N)nc2)cn1. The maximum Gasteiger partial charge on any atom is 0.238 e. The summed E-state index contributed by atoms with van der Waals surface area (Å²) >= 11 is 0. The number of halogens is 1. The van der Waals surface area contributed by atoms with Crippen molar-refractivity contribution in [1.29, 1.82) is 5.41 Å². The predicted molar refractivity (Wildman–Crippen MR) is 139 cm³/mol. The molecule has 0 aromatic carbocycles. The first-order valence-corrected chi connectivity index (χ1v) is 11.2. The molecule has 1 amide bonds. The van der Waals surface area contributed by atoms with Gasteiger partial charge < -0.3 is 21.9 Å². The summed E-state index contributed by atoms with van der Waals surface area (Å²) in [5.74, 6) is 5.00. The Hall–Kier alpha value is -4.19. The van der Waals surface area contributed by atoms with Crippen LogP contribution in [0.25, 0.3) is 11.1 Å². The third-order valence-corrected chi connectivity index (χ3v) is 5.45. The molecular weight excluding hydrogens is 463 g/mol. The summed E-state index contributed by atoms with van der Waals surface area (Å²) in [5, 5.41) is 20.5. The van der Waals surface area contributed by atoms with E-state index in [-0.39, 0.29) is 12.5 Å². The normalized spacial score (nSPS) is 14.8. The van der Waals surface area contributed by atoms with Crippen LogP contribution in [0, 0.1) is 12.3 Å². The van der Waals surface area contributed by atoms with E-state index in [0.29, 0.717) is 30.2 Å². The lowest BCUT2D eigenvalue weighted by atomic mass is 9.99. The molecule has 0 atom stereocenters. The Morgan fingerprint density at radius 1 is 1.28 bits per heavy atom. The first-order valence-electron chi connectivity index (χ1n) is 11.2. The molecule has 11 nitrogen and oxygen atoms in total. The highest BCUT2D eigenvalue weighted by Gasteiger charge is 2.39. The maximum atomic E-state index is 13.3. The van der Waals surface area contributed by atoms with Crippen molar-refractivity contribution in [1.82, 2.24) is 24.6 Å². The van der Waals surface area contributed by atoms with Crippen molar-refractivity contribution in [2.45, 2.75) is 19.5 Å². The molecule has 3 aromatic heterocycles. The average Bonchev–Trinajstić information content (AvgIpc) is 3.27. The fraction of sp³-hybridized carbons (Fsp3) is 0.333. The number of nitrogens with one attached hydrogen (secondary N) is 3. The molecule has 5 N–H and O–H groups in total. The number of carbonyl (C=O) groups is 1. The molecule has 190 valence electrons. The lowest BCUT2D eigenvalue weighted by Gasteiger charge is -2.41. The van der Waals surface area contributed by atoms with E-state index in [0.717, 1.165) is 28.7 Å². The Morgan fingerprint density at radius 2 is 2.03 bits per heavy atom. The number of alkyl halides is 1. The molecule has 0 saturated carbocycles. The van der Waals surface area contributed by atoms with Crippen LogP contribution in [0.15, 0.2) is 48.1 Å². The Balaban J connectivity index is 0.000000202. The van der Waals surface area contributed by atoms with Gasteiger partial charge in [-0.2, -0.15) is 10.2 Å². The molecule has 4 rings (SSSR count). The minimum absolute atomic E-state index is 0.150. The summed E-state index contributed by atoms with van der Waals surface area (Å²) in [6.45, 7) is 4.27. The van der Waals surface area contributed by atoms with Crippen LogP contribution in [0.1, 0.15) is 18.3 Å². The van der Waals surface area contributed by atoms with E-state index in [9.17, 15) is 9.18 Å². The second-order valence-electron chi connectivity index (χ2n) is 8.71. The average molecular weight is 495 g/mol. The first-order chi connectivity index (χ1) is 17.1. The van der Waals surface area contributed by atoms with Crippen LogP contribution in [0.4, 0.5) is 15.8 Å². The quantitative estimate of drug-likeness (QED) is 0.223. The van der Waals surface area contributed by atoms with Crippen molar-refractivity contribution in [2.24, 2.45) is 18.0 Å². The number of nitrogens with zero attached hydrogens (tertiary/aromatic N) is 6. The molecule has 0 radical (unpaired) electrons. The van der Waals surface area contributed by atoms with Crippen LogP contribution in [-0.2, 0) is 11.8 Å². The highest BCUT2D eigenvalue weighted by Crippen LogP contribution is 2.24. The highest BCUT2D eigenvalue weighted by atomic mass is 19.1. The van der Waals surface area contributed by atoms with E-state index in [4.69, 9.17) is 11.3 Å². The van der Waals surface area contributed by atoms with Gasteiger partial charge in [-0.3, -0.25) is 24.3 Å². The third kappa shape index (κ3) is 6.92. The molecule has 12 heteroatoms. The summed E-state index contributed by atoms with van der Waals surface area (Å²) in [5.41, 5.74) is 4.12. The molecule has 1 aliphatic heterocycles. The minimum atomic E-state index is -1.15. The third-order valence-electron chi connectivity index (χ3n) is 5.45. The predicted octanol–water partition coefficient (Wildman–Crippen LogP) is 2.21. The zero-order valence-corrected chi connectivity index (χ0v) is 20.8. The molecule has 1 fully saturated rings. The van der Waals surface area contributed by atoms with Crippen molar-refractivity contribution in [3.05, 3.63) is 54.4 Å². The van der Waals surface area contributed by atoms with E-state index in [1.165, 1.54) is 0 Å². The summed E-state index contributed by atoms with van der Waals surface area (Å²) in [7, 11) is 3.66. The summed E-state index contributed by atoms with van der Waals surface area (Å²) in [6.07, 6.45) is 8.08. The summed E-state index contributed by atoms with van der Waals surface area (Å²) in [4.78, 5) is 22.0. The van der Waals surface area contributed by atoms with Gasteiger partial charge in [0.25, 0.3) is 0 Å². The van der Waals surface area contributed by atoms with Gasteiger partial charge in [0, 0.05) is 56.9 Å². The van der Waals surface area contributed by atoms with Crippen molar-refractivity contribution >= 4 is 29.2 Å². The lowest BCUT2D eigenvalue weighted by molar-refractivity contribution is -0.120. The summed E-state index contributed by atoms with van der Waals surface area (Å²) < 4.78 is 15.0. The van der Waals surface area contributed by atoms with E-state index < -0.39 is 5.67 Å². The van der Waals surface area contributed by atoms with Crippen LogP contribution in [0.3, 0.4) is 0 Å². The maximum absolute atomic E-state index is 13.3. The Morgan fingerprint density at radius 3 is 2.56 bits per heavy atom. The van der Waals surface area contributed by atoms with Crippen LogP contribution in [0.5, 0.6) is 0 Å². The Kier molecular flexibility index (Phi) is 8.43. The van der Waals surface area contributed by atoms with Crippen LogP contribution >= 0.6 is 0 Å². The van der Waals surface area contributed by atoms with E-state index in [1.807, 2.05) is 32.3 Å². The molecular formula is C24H31FN10O. The summed E-state index contributed by atoms with van der Waals surface area (Å²) in [6, 6.07) is 5.50. The highest BCUT2D eigenvalue weighted by molar-refractivity contribution is 6.36. The number of hydrogen-bond donors (Lipinski definition) is 4. The molecule has 0 bridgehead atoms. The smallest absolute Gasteiger partial charge is 0.238 e. The molecule has 0 spiro atoms. The van der Waals surface area contributed by atoms with Gasteiger partial charge in [0.05, 0.1) is 41.7 Å². The topological polar surface area (TPSA) is 150 Å². The Bertz CT molecular complexity index is 1230. The van der Waals surface area contributed by atoms with Gasteiger partial charge in [0.15, 0.2) is 0 Å². The molecule has 1 saturated heterocycles. The monoisotopic (exact) mass is 494 g/mol. The number of pyridine rings is 2. The van der Waals surface area contributed by atoms with Crippen LogP contribution in [0.2, 0.25) is 0 Å². The number of amides is 1. The largest absolute Gasteiger partial charge is 0.387 e. The fourth-order valence-corrected chi connectivity index (χ4v) is 3.72. The minimum Gasteiger partial charge on any atom is -0.387 e. The lowest BCUT2D eigenvalue weighted by Crippen LogP contribution is -2.58. The molecule has 1 aliphatic rings. The second kappa shape index (κ2) is 11.5. The number of hydrazone groups is 1. The fourth-order valence-electron chi connectivity index (χ4n) is 3.72. The van der Waals surface area contributed by atoms with Crippen molar-refractivity contribution < 1.29 is 9.18 Å². The van der Waals surface area contributed by atoms with Gasteiger partial charge in [-0.15, -0.1) is 0 Å². The number of aryl methyl sites for hydroxylation is 2. The van der Waals surface area contributed by atoms with E-state index >= 15 is 0 Å². The number of hydrogen-bond acceptors (Lipinski definition) is 9. The van der Waals surface area contributed by atoms with Gasteiger partial charge in [0.2, 0.25) is 5.91 Å². The first kappa shape index (κ1) is 26.4. The molecule has 36 heavy (non-hydrogen) atoms. The van der Waals surface area contributed by atoms with Gasteiger partial charge in [-0.05, 0) is 26.0 Å². The zero-order chi connectivity index (χ0) is 26.3. The van der Waals surface area contributed by atoms with Crippen molar-refractivity contribution in [3.8, 4) is 11.1 Å². The molecule has 0 aliphatic carbocycles. The molecule has 4 heterocycles. The molecule has 0 unspecified atom stereocenters. The van der Waals surface area contributed by atoms with Crippen molar-refractivity contribution in [2.75, 3.05) is 37.3 Å². The van der Waals surface area contributed by atoms with Crippen molar-refractivity contribution in [3.63, 3.8) is 0 Å². The zero-order valence-electron chi connectivity index (χ0n) is 20.8. The number of likely N-dealkylation sites (tertiary alicyclic amines) is 1. The number of rotatable bonds is 7. The van der Waals surface area contributed by atoms with Gasteiger partial charge in [0.1, 0.15) is 11.4 Å². The standard InChI is InChI=1S/C13H19FN4O.C11H12N6/c1-9-11(15-3)4-10(5-16-9)17-12(19)6-18-7-13(2,14)8-18;1-17-7-9(6-15-17)8-2-3-10(14-5-8)11(4-12)16-13/h4-5,15H,6-8H2,1-3H3,(H,17,19);2-7,12H,13H2,1H3/b;12-4?,16-11-. The second-order valence-corrected chi connectivity index (χ2v) is 8.71. The van der Waals surface area contributed by atoms with Crippen LogP contribution < -0.4 is 16.5 Å². The van der Waals surface area contributed by atoms with Gasteiger partial charge in [-0.1, -0.05) is 6.07 Å². The van der Waals surface area contributed by atoms with E-state index in [2.05, 4.69) is 30.8 Å². The van der Waals surface area contributed by atoms with Crippen LogP contribution in [-0.4, -0.2) is 74.8 Å². The molecule has 3 aromatic rings. The number of nitrogens with two attached hydrogens (primary N) is 1. The Labute approximate surface area is 209 Å². The number of aromatic nitrogens is 4.